The van der Waals surface area contributed by atoms with E-state index < -0.39 is 24.3 Å². The van der Waals surface area contributed by atoms with Gasteiger partial charge in [-0.15, -0.1) is 0 Å². The number of carboxylic acid groups (broad SMARTS) is 1. The zero-order valence-corrected chi connectivity index (χ0v) is 42.6. The SMILES string of the molecule is CC/C=C\C/C=C\C/C=C\C/C=C\C/C=C\CCCCCCCCCCCCCCCC(=O)OC(COC(=O)CCCCCCCCCCCCC)COC(OCC[N+](C)(C)C)C(=O)O. The van der Waals surface area contributed by atoms with E-state index in [9.17, 15) is 19.5 Å². The van der Waals surface area contributed by atoms with E-state index in [1.54, 1.807) is 0 Å². The minimum atomic E-state index is -1.51. The van der Waals surface area contributed by atoms with Gasteiger partial charge in [-0.3, -0.25) is 9.59 Å². The Kier molecular flexibility index (Phi) is 45.3. The van der Waals surface area contributed by atoms with Gasteiger partial charge in [-0.2, -0.15) is 0 Å². The molecule has 9 nitrogen and oxygen atoms in total. The summed E-state index contributed by atoms with van der Waals surface area (Å²) in [5.41, 5.74) is 0. The first kappa shape index (κ1) is 62.0. The van der Waals surface area contributed by atoms with Crippen LogP contribution in [-0.4, -0.2) is 87.4 Å². The molecule has 0 aromatic carbocycles. The lowest BCUT2D eigenvalue weighted by Gasteiger charge is -2.25. The Morgan fingerprint density at radius 3 is 1.31 bits per heavy atom. The van der Waals surface area contributed by atoms with Gasteiger partial charge in [-0.05, 0) is 57.8 Å². The van der Waals surface area contributed by atoms with E-state index in [0.717, 1.165) is 70.6 Å². The maximum absolute atomic E-state index is 12.8. The smallest absolute Gasteiger partial charge is 0.361 e. The molecule has 0 rings (SSSR count). The number of hydrogen-bond donors (Lipinski definition) is 1. The van der Waals surface area contributed by atoms with Crippen molar-refractivity contribution in [3.05, 3.63) is 60.8 Å². The Bertz CT molecular complexity index is 1250. The molecule has 0 aromatic heterocycles. The van der Waals surface area contributed by atoms with Crippen molar-refractivity contribution < 1.29 is 42.9 Å². The Labute approximate surface area is 399 Å². The molecule has 0 spiro atoms. The number of carboxylic acids is 1. The highest BCUT2D eigenvalue weighted by atomic mass is 16.7. The summed E-state index contributed by atoms with van der Waals surface area (Å²) < 4.78 is 22.8. The van der Waals surface area contributed by atoms with Gasteiger partial charge in [0.1, 0.15) is 13.2 Å². The van der Waals surface area contributed by atoms with E-state index in [-0.39, 0.29) is 32.2 Å². The summed E-state index contributed by atoms with van der Waals surface area (Å²) in [5, 5.41) is 9.66. The molecule has 0 saturated heterocycles. The topological polar surface area (TPSA) is 108 Å². The lowest BCUT2D eigenvalue weighted by Crippen LogP contribution is -2.40. The number of esters is 2. The van der Waals surface area contributed by atoms with Gasteiger partial charge in [0.25, 0.3) is 6.29 Å². The number of carbonyl (C=O) groups is 3. The maximum atomic E-state index is 12.8. The third-order valence-corrected chi connectivity index (χ3v) is 11.3. The molecule has 0 heterocycles. The molecular formula is C56H100NO8+. The molecule has 2 atom stereocenters. The van der Waals surface area contributed by atoms with Gasteiger partial charge in [0.15, 0.2) is 6.10 Å². The van der Waals surface area contributed by atoms with Crippen molar-refractivity contribution in [2.24, 2.45) is 0 Å². The van der Waals surface area contributed by atoms with Crippen LogP contribution in [0.5, 0.6) is 0 Å². The summed E-state index contributed by atoms with van der Waals surface area (Å²) >= 11 is 0. The molecule has 0 amide bonds. The molecule has 0 aliphatic carbocycles. The number of carbonyl (C=O) groups excluding carboxylic acids is 2. The Morgan fingerprint density at radius 1 is 0.477 bits per heavy atom. The first-order chi connectivity index (χ1) is 31.6. The van der Waals surface area contributed by atoms with Crippen molar-refractivity contribution in [2.75, 3.05) is 47.5 Å². The summed E-state index contributed by atoms with van der Waals surface area (Å²) in [7, 11) is 5.96. The van der Waals surface area contributed by atoms with Crippen molar-refractivity contribution in [3.8, 4) is 0 Å². The van der Waals surface area contributed by atoms with Gasteiger partial charge in [0.05, 0.1) is 34.4 Å². The van der Waals surface area contributed by atoms with Crippen molar-refractivity contribution in [2.45, 2.75) is 232 Å². The molecule has 9 heteroatoms. The zero-order valence-electron chi connectivity index (χ0n) is 42.6. The second-order valence-corrected chi connectivity index (χ2v) is 18.8. The number of quaternary nitrogens is 1. The van der Waals surface area contributed by atoms with Crippen molar-refractivity contribution in [1.29, 1.82) is 0 Å². The molecule has 0 radical (unpaired) electrons. The van der Waals surface area contributed by atoms with Crippen LogP contribution in [0.2, 0.25) is 0 Å². The summed E-state index contributed by atoms with van der Waals surface area (Å²) in [4.78, 5) is 37.2. The lowest BCUT2D eigenvalue weighted by molar-refractivity contribution is -0.870. The molecule has 2 unspecified atom stereocenters. The second kappa shape index (κ2) is 47.5. The van der Waals surface area contributed by atoms with E-state index in [2.05, 4.69) is 74.6 Å². The third kappa shape index (κ3) is 48.7. The number of nitrogens with zero attached hydrogens (tertiary/aromatic N) is 1. The predicted molar refractivity (Wildman–Crippen MR) is 272 cm³/mol. The van der Waals surface area contributed by atoms with Crippen molar-refractivity contribution in [3.63, 3.8) is 0 Å². The minimum absolute atomic E-state index is 0.181. The number of rotatable bonds is 48. The summed E-state index contributed by atoms with van der Waals surface area (Å²) in [6, 6.07) is 0. The maximum Gasteiger partial charge on any atom is 0.361 e. The number of hydrogen-bond acceptors (Lipinski definition) is 7. The van der Waals surface area contributed by atoms with Gasteiger partial charge in [-0.1, -0.05) is 209 Å². The predicted octanol–water partition coefficient (Wildman–Crippen LogP) is 14.9. The van der Waals surface area contributed by atoms with E-state index in [4.69, 9.17) is 18.9 Å². The van der Waals surface area contributed by atoms with Crippen LogP contribution >= 0.6 is 0 Å². The van der Waals surface area contributed by atoms with E-state index in [0.29, 0.717) is 17.4 Å². The average Bonchev–Trinajstić information content (AvgIpc) is 3.27. The zero-order chi connectivity index (χ0) is 47.7. The highest BCUT2D eigenvalue weighted by molar-refractivity contribution is 5.71. The van der Waals surface area contributed by atoms with Gasteiger partial charge in [0, 0.05) is 12.8 Å². The second-order valence-electron chi connectivity index (χ2n) is 18.8. The van der Waals surface area contributed by atoms with Gasteiger partial charge in [-0.25, -0.2) is 4.79 Å². The molecule has 1 N–H and O–H groups in total. The highest BCUT2D eigenvalue weighted by Crippen LogP contribution is 2.16. The Hall–Kier alpha value is -3.01. The number of ether oxygens (including phenoxy) is 4. The quantitative estimate of drug-likeness (QED) is 0.0211. The Morgan fingerprint density at radius 2 is 0.877 bits per heavy atom. The van der Waals surface area contributed by atoms with Crippen LogP contribution in [0.3, 0.4) is 0 Å². The van der Waals surface area contributed by atoms with Gasteiger partial charge >= 0.3 is 17.9 Å². The monoisotopic (exact) mass is 915 g/mol. The van der Waals surface area contributed by atoms with Crippen molar-refractivity contribution >= 4 is 17.9 Å². The third-order valence-electron chi connectivity index (χ3n) is 11.3. The van der Waals surface area contributed by atoms with Crippen LogP contribution in [0.25, 0.3) is 0 Å². The number of likely N-dealkylation sites (N-methyl/N-ethyl adjacent to an activating group) is 1. The van der Waals surface area contributed by atoms with Crippen LogP contribution in [0.15, 0.2) is 60.8 Å². The summed E-state index contributed by atoms with van der Waals surface area (Å²) in [6.45, 7) is 4.76. The minimum Gasteiger partial charge on any atom is -0.477 e. The van der Waals surface area contributed by atoms with Crippen LogP contribution in [0.4, 0.5) is 0 Å². The van der Waals surface area contributed by atoms with Crippen LogP contribution in [0.1, 0.15) is 219 Å². The molecule has 0 fully saturated rings. The normalized spacial score (nSPS) is 13.3. The fourth-order valence-electron chi connectivity index (χ4n) is 7.22. The molecule has 0 bridgehead atoms. The van der Waals surface area contributed by atoms with Crippen molar-refractivity contribution in [1.82, 2.24) is 0 Å². The van der Waals surface area contributed by atoms with E-state index >= 15 is 0 Å². The van der Waals surface area contributed by atoms with E-state index in [1.165, 1.54) is 122 Å². The molecule has 65 heavy (non-hydrogen) atoms. The van der Waals surface area contributed by atoms with Gasteiger partial charge < -0.3 is 28.5 Å². The first-order valence-electron chi connectivity index (χ1n) is 26.5. The number of unbranched alkanes of at least 4 members (excludes halogenated alkanes) is 23. The summed E-state index contributed by atoms with van der Waals surface area (Å²) in [5.74, 6) is -2.00. The average molecular weight is 915 g/mol. The van der Waals surface area contributed by atoms with Gasteiger partial charge in [0.2, 0.25) is 0 Å². The lowest BCUT2D eigenvalue weighted by atomic mass is 10.0. The molecule has 376 valence electrons. The van der Waals surface area contributed by atoms with Crippen LogP contribution in [-0.2, 0) is 33.3 Å². The number of allylic oxidation sites excluding steroid dienone is 10. The first-order valence-corrected chi connectivity index (χ1v) is 26.5. The summed E-state index contributed by atoms with van der Waals surface area (Å²) in [6.07, 6.45) is 55.8. The largest absolute Gasteiger partial charge is 0.477 e. The molecule has 0 aliphatic heterocycles. The number of aliphatic carboxylic acids is 1. The van der Waals surface area contributed by atoms with Crippen LogP contribution < -0.4 is 0 Å². The fraction of sp³-hybridized carbons (Fsp3) is 0.768. The van der Waals surface area contributed by atoms with Crippen LogP contribution in [0, 0.1) is 0 Å². The highest BCUT2D eigenvalue weighted by Gasteiger charge is 2.25. The van der Waals surface area contributed by atoms with E-state index in [1.807, 2.05) is 21.1 Å². The molecule has 0 aliphatic rings. The molecular weight excluding hydrogens is 815 g/mol. The fourth-order valence-corrected chi connectivity index (χ4v) is 7.22. The molecule has 0 aromatic rings. The standard InChI is InChI=1S/C56H99NO8/c1-6-8-10-12-14-16-18-19-20-21-22-23-24-25-26-27-28-29-30-31-32-33-34-35-37-39-41-43-45-47-54(59)65-52(51-64-56(55(60)61)62-49-48-57(3,4)5)50-63-53(58)46-44-42-40-38-36-17-15-13-11-9-7-2/h8,10,14,16,19-20,22-23,25-26,52,56H,6-7,9,11-13,15,17-18,21,24,27-51H2,1-5H3/p+1/b10-8-,16-14-,20-19-,23-22-,26-25-. The molecule has 0 saturated carbocycles. The Balaban J connectivity index is 4.18.